The van der Waals surface area contributed by atoms with E-state index in [4.69, 9.17) is 4.74 Å². The number of aromatic nitrogens is 1. The highest BCUT2D eigenvalue weighted by molar-refractivity contribution is 5.26. The third-order valence-corrected chi connectivity index (χ3v) is 3.15. The van der Waals surface area contributed by atoms with E-state index < -0.39 is 0 Å². The molecule has 3 heteroatoms. The lowest BCUT2D eigenvalue weighted by molar-refractivity contribution is 0.133. The molecule has 0 unspecified atom stereocenters. The molecule has 3 nitrogen and oxygen atoms in total. The highest BCUT2D eigenvalue weighted by Gasteiger charge is 2.02. The first-order valence-electron chi connectivity index (χ1n) is 7.07. The molecule has 0 atom stereocenters. The first-order valence-corrected chi connectivity index (χ1v) is 7.07. The number of pyridine rings is 1. The number of hydrogen-bond acceptors (Lipinski definition) is 3. The molecule has 1 aromatic heterocycles. The van der Waals surface area contributed by atoms with E-state index in [1.54, 1.807) is 0 Å². The Labute approximate surface area is 121 Å². The van der Waals surface area contributed by atoms with Gasteiger partial charge >= 0.3 is 0 Å². The molecule has 0 spiro atoms. The summed E-state index contributed by atoms with van der Waals surface area (Å²) in [5, 5.41) is 3.44. The summed E-state index contributed by atoms with van der Waals surface area (Å²) >= 11 is 0. The number of rotatable bonds is 7. The van der Waals surface area contributed by atoms with Crippen LogP contribution in [0.1, 0.15) is 29.4 Å². The van der Waals surface area contributed by atoms with Crippen molar-refractivity contribution in [3.05, 3.63) is 65.0 Å². The second kappa shape index (κ2) is 7.78. The van der Waals surface area contributed by atoms with Gasteiger partial charge < -0.3 is 10.1 Å². The van der Waals surface area contributed by atoms with Crippen molar-refractivity contribution in [2.45, 2.75) is 33.5 Å². The quantitative estimate of drug-likeness (QED) is 0.839. The lowest BCUT2D eigenvalue weighted by Gasteiger charge is -2.10. The van der Waals surface area contributed by atoms with Crippen molar-refractivity contribution in [3.8, 4) is 0 Å². The smallest absolute Gasteiger partial charge is 0.0719 e. The number of nitrogens with one attached hydrogen (secondary N) is 1. The van der Waals surface area contributed by atoms with Crippen LogP contribution < -0.4 is 5.32 Å². The average molecular weight is 270 g/mol. The van der Waals surface area contributed by atoms with Crippen molar-refractivity contribution < 1.29 is 4.74 Å². The highest BCUT2D eigenvalue weighted by atomic mass is 16.5. The predicted octanol–water partition coefficient (Wildman–Crippen LogP) is 3.22. The summed E-state index contributed by atoms with van der Waals surface area (Å²) in [6.07, 6.45) is 0. The van der Waals surface area contributed by atoms with Gasteiger partial charge in [-0.1, -0.05) is 30.3 Å². The lowest BCUT2D eigenvalue weighted by atomic mass is 10.1. The van der Waals surface area contributed by atoms with Gasteiger partial charge in [0, 0.05) is 25.4 Å². The molecule has 0 bridgehead atoms. The largest absolute Gasteiger partial charge is 0.377 e. The normalized spacial score (nSPS) is 10.7. The second-order valence-corrected chi connectivity index (χ2v) is 4.78. The molecule has 0 amide bonds. The van der Waals surface area contributed by atoms with Crippen molar-refractivity contribution in [1.29, 1.82) is 0 Å². The van der Waals surface area contributed by atoms with Crippen molar-refractivity contribution >= 4 is 0 Å². The Kier molecular flexibility index (Phi) is 5.71. The van der Waals surface area contributed by atoms with Crippen molar-refractivity contribution in [1.82, 2.24) is 10.3 Å². The summed E-state index contributed by atoms with van der Waals surface area (Å²) in [7, 11) is 0. The number of aryl methyl sites for hydroxylation is 1. The molecule has 1 N–H and O–H groups in total. The molecular formula is C17H22N2O. The molecule has 0 radical (unpaired) electrons. The fourth-order valence-corrected chi connectivity index (χ4v) is 2.11. The Bertz CT molecular complexity index is 540. The summed E-state index contributed by atoms with van der Waals surface area (Å²) in [5.74, 6) is 0. The van der Waals surface area contributed by atoms with Crippen LogP contribution in [0.3, 0.4) is 0 Å². The van der Waals surface area contributed by atoms with Gasteiger partial charge in [-0.3, -0.25) is 4.98 Å². The van der Waals surface area contributed by atoms with Gasteiger partial charge in [-0.15, -0.1) is 0 Å². The summed E-state index contributed by atoms with van der Waals surface area (Å²) in [5.41, 5.74) is 4.67. The van der Waals surface area contributed by atoms with Crippen molar-refractivity contribution in [2.75, 3.05) is 6.61 Å². The molecule has 1 heterocycles. The Morgan fingerprint density at radius 1 is 1.00 bits per heavy atom. The Morgan fingerprint density at radius 2 is 1.80 bits per heavy atom. The molecule has 20 heavy (non-hydrogen) atoms. The molecule has 0 aliphatic heterocycles. The van der Waals surface area contributed by atoms with E-state index >= 15 is 0 Å². The van der Waals surface area contributed by atoms with Crippen molar-refractivity contribution in [2.24, 2.45) is 0 Å². The monoisotopic (exact) mass is 270 g/mol. The molecular weight excluding hydrogens is 248 g/mol. The van der Waals surface area contributed by atoms with Crippen LogP contribution in [0.25, 0.3) is 0 Å². The van der Waals surface area contributed by atoms with Crippen LogP contribution in [0, 0.1) is 6.92 Å². The minimum Gasteiger partial charge on any atom is -0.377 e. The number of benzene rings is 1. The molecule has 2 rings (SSSR count). The third kappa shape index (κ3) is 4.44. The zero-order valence-corrected chi connectivity index (χ0v) is 12.2. The first kappa shape index (κ1) is 14.7. The van der Waals surface area contributed by atoms with Crippen LogP contribution in [0.4, 0.5) is 0 Å². The van der Waals surface area contributed by atoms with Gasteiger partial charge in [-0.25, -0.2) is 0 Å². The highest BCUT2D eigenvalue weighted by Crippen LogP contribution is 2.10. The van der Waals surface area contributed by atoms with E-state index in [9.17, 15) is 0 Å². The first-order chi connectivity index (χ1) is 9.79. The van der Waals surface area contributed by atoms with Crippen LogP contribution in [0.5, 0.6) is 0 Å². The van der Waals surface area contributed by atoms with Crippen LogP contribution in [0.2, 0.25) is 0 Å². The number of hydrogen-bond donors (Lipinski definition) is 1. The molecule has 0 aliphatic rings. The molecule has 2 aromatic rings. The van der Waals surface area contributed by atoms with E-state index in [1.165, 1.54) is 11.1 Å². The summed E-state index contributed by atoms with van der Waals surface area (Å²) in [6, 6.07) is 14.5. The van der Waals surface area contributed by atoms with Crippen LogP contribution in [-0.2, 0) is 24.4 Å². The van der Waals surface area contributed by atoms with Gasteiger partial charge in [0.25, 0.3) is 0 Å². The zero-order valence-electron chi connectivity index (χ0n) is 12.2. The maximum atomic E-state index is 5.50. The average Bonchev–Trinajstić information content (AvgIpc) is 2.46. The van der Waals surface area contributed by atoms with Crippen LogP contribution >= 0.6 is 0 Å². The zero-order chi connectivity index (χ0) is 14.2. The van der Waals surface area contributed by atoms with E-state index in [2.05, 4.69) is 34.6 Å². The number of nitrogens with zero attached hydrogens (tertiary/aromatic N) is 1. The van der Waals surface area contributed by atoms with E-state index in [0.29, 0.717) is 6.61 Å². The Hall–Kier alpha value is -1.71. The molecule has 0 saturated carbocycles. The van der Waals surface area contributed by atoms with E-state index in [-0.39, 0.29) is 0 Å². The predicted molar refractivity (Wildman–Crippen MR) is 81.3 cm³/mol. The molecule has 0 fully saturated rings. The SMILES string of the molecule is CCOCc1ccccc1CNCc1cccc(C)n1. The maximum absolute atomic E-state index is 5.50. The van der Waals surface area contributed by atoms with Crippen molar-refractivity contribution in [3.63, 3.8) is 0 Å². The summed E-state index contributed by atoms with van der Waals surface area (Å²) in [4.78, 5) is 4.49. The minimum absolute atomic E-state index is 0.678. The summed E-state index contributed by atoms with van der Waals surface area (Å²) < 4.78 is 5.50. The van der Waals surface area contributed by atoms with E-state index in [0.717, 1.165) is 31.1 Å². The van der Waals surface area contributed by atoms with Crippen LogP contribution in [0.15, 0.2) is 42.5 Å². The molecule has 0 aliphatic carbocycles. The van der Waals surface area contributed by atoms with Gasteiger partial charge in [-0.2, -0.15) is 0 Å². The minimum atomic E-state index is 0.678. The maximum Gasteiger partial charge on any atom is 0.0719 e. The summed E-state index contributed by atoms with van der Waals surface area (Å²) in [6.45, 7) is 7.07. The van der Waals surface area contributed by atoms with E-state index in [1.807, 2.05) is 32.0 Å². The van der Waals surface area contributed by atoms with Gasteiger partial charge in [0.1, 0.15) is 0 Å². The van der Waals surface area contributed by atoms with Crippen LogP contribution in [-0.4, -0.2) is 11.6 Å². The molecule has 0 saturated heterocycles. The van der Waals surface area contributed by atoms with Gasteiger partial charge in [0.15, 0.2) is 0 Å². The molecule has 1 aromatic carbocycles. The number of ether oxygens (including phenoxy) is 1. The third-order valence-electron chi connectivity index (χ3n) is 3.15. The fourth-order valence-electron chi connectivity index (χ4n) is 2.11. The second-order valence-electron chi connectivity index (χ2n) is 4.78. The van der Waals surface area contributed by atoms with Gasteiger partial charge in [0.05, 0.1) is 12.3 Å². The topological polar surface area (TPSA) is 34.1 Å². The Morgan fingerprint density at radius 3 is 2.55 bits per heavy atom. The lowest BCUT2D eigenvalue weighted by Crippen LogP contribution is -2.15. The Balaban J connectivity index is 1.90. The van der Waals surface area contributed by atoms with Gasteiger partial charge in [-0.05, 0) is 37.1 Å². The standard InChI is InChI=1S/C17H22N2O/c1-3-20-13-16-9-5-4-8-15(16)11-18-12-17-10-6-7-14(2)19-17/h4-10,18H,3,11-13H2,1-2H3. The molecule has 106 valence electrons. The van der Waals surface area contributed by atoms with Gasteiger partial charge in [0.2, 0.25) is 0 Å². The fraction of sp³-hybridized carbons (Fsp3) is 0.353.